The van der Waals surface area contributed by atoms with Crippen molar-refractivity contribution < 1.29 is 13.2 Å². The Kier molecular flexibility index (Phi) is 4.72. The van der Waals surface area contributed by atoms with E-state index in [1.807, 2.05) is 20.8 Å². The van der Waals surface area contributed by atoms with E-state index < -0.39 is 10.0 Å². The Balaban J connectivity index is 2.52. The average Bonchev–Trinajstić information content (AvgIpc) is 2.26. The van der Waals surface area contributed by atoms with Crippen LogP contribution in [0.15, 0.2) is 0 Å². The molecule has 1 fully saturated rings. The van der Waals surface area contributed by atoms with E-state index in [1.165, 1.54) is 0 Å². The van der Waals surface area contributed by atoms with E-state index in [0.29, 0.717) is 32.4 Å². The highest BCUT2D eigenvalue weighted by Gasteiger charge is 2.28. The molecule has 1 heterocycles. The largest absolute Gasteiger partial charge is 0.303 e. The van der Waals surface area contributed by atoms with Crippen LogP contribution in [0.3, 0.4) is 0 Å². The van der Waals surface area contributed by atoms with Crippen molar-refractivity contribution in [3.8, 4) is 0 Å². The highest BCUT2D eigenvalue weighted by atomic mass is 32.2. The molecule has 1 aliphatic heterocycles. The first-order chi connectivity index (χ1) is 7.74. The summed E-state index contributed by atoms with van der Waals surface area (Å²) >= 11 is 0. The van der Waals surface area contributed by atoms with Gasteiger partial charge in [0, 0.05) is 19.0 Å². The van der Waals surface area contributed by atoms with Crippen molar-refractivity contribution in [2.45, 2.75) is 40.0 Å². The van der Waals surface area contributed by atoms with Crippen LogP contribution in [0.2, 0.25) is 0 Å². The zero-order valence-electron chi connectivity index (χ0n) is 11.0. The summed E-state index contributed by atoms with van der Waals surface area (Å²) in [4.78, 5) is 10.6. The van der Waals surface area contributed by atoms with Gasteiger partial charge in [0.15, 0.2) is 0 Å². The maximum Gasteiger partial charge on any atom is 0.214 e. The van der Waals surface area contributed by atoms with Gasteiger partial charge in [-0.25, -0.2) is 12.7 Å². The number of nitrogens with zero attached hydrogens (tertiary/aromatic N) is 1. The molecule has 0 atom stereocenters. The second-order valence-electron chi connectivity index (χ2n) is 6.00. The van der Waals surface area contributed by atoms with Crippen molar-refractivity contribution in [3.05, 3.63) is 0 Å². The van der Waals surface area contributed by atoms with Gasteiger partial charge < -0.3 is 4.79 Å². The monoisotopic (exact) mass is 261 g/mol. The molecule has 0 unspecified atom stereocenters. The highest BCUT2D eigenvalue weighted by molar-refractivity contribution is 7.89. The smallest absolute Gasteiger partial charge is 0.214 e. The predicted molar refractivity (Wildman–Crippen MR) is 68.2 cm³/mol. The Hall–Kier alpha value is -0.420. The lowest BCUT2D eigenvalue weighted by Gasteiger charge is -2.29. The molecule has 0 aromatic carbocycles. The molecule has 0 spiro atoms. The van der Waals surface area contributed by atoms with E-state index in [9.17, 15) is 13.2 Å². The molecule has 0 bridgehead atoms. The Labute approximate surface area is 104 Å². The maximum absolute atomic E-state index is 12.1. The minimum Gasteiger partial charge on any atom is -0.303 e. The summed E-state index contributed by atoms with van der Waals surface area (Å²) in [5.74, 6) is 0.256. The summed E-state index contributed by atoms with van der Waals surface area (Å²) in [5.41, 5.74) is 0.0359. The normalized spacial score (nSPS) is 20.4. The van der Waals surface area contributed by atoms with Gasteiger partial charge in [0.05, 0.1) is 5.75 Å². The van der Waals surface area contributed by atoms with Gasteiger partial charge in [0.1, 0.15) is 6.29 Å². The SMILES string of the molecule is CC(C)(C)CCS(=O)(=O)N1CCC(C=O)CC1. The van der Waals surface area contributed by atoms with Crippen LogP contribution in [0.25, 0.3) is 0 Å². The van der Waals surface area contributed by atoms with Crippen LogP contribution in [0, 0.1) is 11.3 Å². The minimum absolute atomic E-state index is 0.0359. The summed E-state index contributed by atoms with van der Waals surface area (Å²) in [6, 6.07) is 0. The number of carbonyl (C=O) groups is 1. The lowest BCUT2D eigenvalue weighted by Crippen LogP contribution is -2.40. The summed E-state index contributed by atoms with van der Waals surface area (Å²) in [5, 5.41) is 0. The summed E-state index contributed by atoms with van der Waals surface area (Å²) in [6.07, 6.45) is 2.94. The van der Waals surface area contributed by atoms with Crippen molar-refractivity contribution in [2.24, 2.45) is 11.3 Å². The van der Waals surface area contributed by atoms with E-state index in [1.54, 1.807) is 4.31 Å². The summed E-state index contributed by atoms with van der Waals surface area (Å²) in [6.45, 7) is 7.12. The predicted octanol–water partition coefficient (Wildman–Crippen LogP) is 1.66. The second kappa shape index (κ2) is 5.48. The molecule has 1 rings (SSSR count). The van der Waals surface area contributed by atoms with E-state index in [2.05, 4.69) is 0 Å². The van der Waals surface area contributed by atoms with Gasteiger partial charge in [0.25, 0.3) is 0 Å². The molecule has 5 heteroatoms. The molecule has 0 aliphatic carbocycles. The third kappa shape index (κ3) is 4.76. The molecular weight excluding hydrogens is 238 g/mol. The molecule has 17 heavy (non-hydrogen) atoms. The molecule has 0 radical (unpaired) electrons. The van der Waals surface area contributed by atoms with E-state index >= 15 is 0 Å². The number of hydrogen-bond acceptors (Lipinski definition) is 3. The number of aldehydes is 1. The fraction of sp³-hybridized carbons (Fsp3) is 0.917. The van der Waals surface area contributed by atoms with Gasteiger partial charge in [-0.05, 0) is 24.7 Å². The zero-order chi connectivity index (χ0) is 13.1. The van der Waals surface area contributed by atoms with Crippen molar-refractivity contribution in [1.82, 2.24) is 4.31 Å². The van der Waals surface area contributed by atoms with Gasteiger partial charge in [0.2, 0.25) is 10.0 Å². The second-order valence-corrected chi connectivity index (χ2v) is 8.09. The van der Waals surface area contributed by atoms with Gasteiger partial charge in [-0.15, -0.1) is 0 Å². The Morgan fingerprint density at radius 1 is 1.24 bits per heavy atom. The topological polar surface area (TPSA) is 54.5 Å². The van der Waals surface area contributed by atoms with E-state index in [0.717, 1.165) is 6.29 Å². The minimum atomic E-state index is -3.13. The third-order valence-corrected chi connectivity index (χ3v) is 5.07. The quantitative estimate of drug-likeness (QED) is 0.723. The van der Waals surface area contributed by atoms with Crippen LogP contribution < -0.4 is 0 Å². The number of carbonyl (C=O) groups excluding carboxylic acids is 1. The van der Waals surface area contributed by atoms with Gasteiger partial charge >= 0.3 is 0 Å². The van der Waals surface area contributed by atoms with E-state index in [4.69, 9.17) is 0 Å². The summed E-state index contributed by atoms with van der Waals surface area (Å²) < 4.78 is 25.7. The molecule has 0 aromatic heterocycles. The highest BCUT2D eigenvalue weighted by Crippen LogP contribution is 2.23. The molecule has 100 valence electrons. The zero-order valence-corrected chi connectivity index (χ0v) is 11.8. The standard InChI is InChI=1S/C12H23NO3S/c1-12(2,3)6-9-17(15,16)13-7-4-11(10-14)5-8-13/h10-11H,4-9H2,1-3H3. The average molecular weight is 261 g/mol. The van der Waals surface area contributed by atoms with Crippen molar-refractivity contribution in [2.75, 3.05) is 18.8 Å². The third-order valence-electron chi connectivity index (χ3n) is 3.19. The Morgan fingerprint density at radius 2 is 1.76 bits per heavy atom. The van der Waals surface area contributed by atoms with Crippen molar-refractivity contribution in [3.63, 3.8) is 0 Å². The maximum atomic E-state index is 12.1. The molecule has 0 saturated carbocycles. The van der Waals surface area contributed by atoms with Gasteiger partial charge in [-0.2, -0.15) is 0 Å². The number of piperidine rings is 1. The number of hydrogen-bond donors (Lipinski definition) is 0. The van der Waals surface area contributed by atoms with Crippen LogP contribution in [0.4, 0.5) is 0 Å². The van der Waals surface area contributed by atoms with Crippen LogP contribution in [-0.2, 0) is 14.8 Å². The van der Waals surface area contributed by atoms with Crippen molar-refractivity contribution in [1.29, 1.82) is 0 Å². The van der Waals surface area contributed by atoms with Gasteiger partial charge in [-0.3, -0.25) is 0 Å². The molecular formula is C12H23NO3S. The molecule has 0 aromatic rings. The lowest BCUT2D eigenvalue weighted by molar-refractivity contribution is -0.112. The fourth-order valence-corrected chi connectivity index (χ4v) is 3.75. The van der Waals surface area contributed by atoms with Crippen LogP contribution in [0.5, 0.6) is 0 Å². The first kappa shape index (κ1) is 14.6. The van der Waals surface area contributed by atoms with Crippen molar-refractivity contribution >= 4 is 16.3 Å². The molecule has 0 N–H and O–H groups in total. The number of rotatable bonds is 4. The first-order valence-electron chi connectivity index (χ1n) is 6.18. The lowest BCUT2D eigenvalue weighted by atomic mass is 9.94. The first-order valence-corrected chi connectivity index (χ1v) is 7.79. The van der Waals surface area contributed by atoms with Gasteiger partial charge in [-0.1, -0.05) is 20.8 Å². The summed E-state index contributed by atoms with van der Waals surface area (Å²) in [7, 11) is -3.13. The molecule has 1 saturated heterocycles. The van der Waals surface area contributed by atoms with E-state index in [-0.39, 0.29) is 17.1 Å². The Morgan fingerprint density at radius 3 is 2.18 bits per heavy atom. The van der Waals surface area contributed by atoms with Crippen LogP contribution >= 0.6 is 0 Å². The number of sulfonamides is 1. The molecule has 1 aliphatic rings. The fourth-order valence-electron chi connectivity index (χ4n) is 1.85. The Bertz CT molecular complexity index is 348. The molecule has 4 nitrogen and oxygen atoms in total. The van der Waals surface area contributed by atoms with Crippen LogP contribution in [-0.4, -0.2) is 37.9 Å². The molecule has 0 amide bonds. The van der Waals surface area contributed by atoms with Crippen LogP contribution in [0.1, 0.15) is 40.0 Å².